The minimum absolute atomic E-state index is 0.0320. The van der Waals surface area contributed by atoms with E-state index >= 15 is 0 Å². The van der Waals surface area contributed by atoms with Crippen molar-refractivity contribution in [2.24, 2.45) is 0 Å². The first-order chi connectivity index (χ1) is 7.90. The van der Waals surface area contributed by atoms with Crippen LogP contribution >= 0.6 is 0 Å². The smallest absolute Gasteiger partial charge is 0.417 e. The molecular formula is C11H10F3NO2. The van der Waals surface area contributed by atoms with E-state index in [1.807, 2.05) is 0 Å². The highest BCUT2D eigenvalue weighted by molar-refractivity contribution is 5.86. The maximum Gasteiger partial charge on any atom is 0.417 e. The van der Waals surface area contributed by atoms with E-state index in [2.05, 4.69) is 0 Å². The largest absolute Gasteiger partial charge is 0.496 e. The molecule has 0 heterocycles. The summed E-state index contributed by atoms with van der Waals surface area (Å²) in [6.07, 6.45) is -4.10. The Morgan fingerprint density at radius 2 is 2.06 bits per heavy atom. The number of hydrogen-bond acceptors (Lipinski definition) is 3. The molecule has 0 aromatic heterocycles. The second-order valence-corrected chi connectivity index (χ2v) is 3.17. The number of aldehydes is 1. The van der Waals surface area contributed by atoms with Crippen LogP contribution in [0.3, 0.4) is 0 Å². The molecule has 0 amide bonds. The van der Waals surface area contributed by atoms with Gasteiger partial charge in [0.15, 0.2) is 0 Å². The molecule has 0 aliphatic rings. The quantitative estimate of drug-likeness (QED) is 0.505. The van der Waals surface area contributed by atoms with Crippen molar-refractivity contribution >= 4 is 17.5 Å². The zero-order valence-electron chi connectivity index (χ0n) is 8.91. The summed E-state index contributed by atoms with van der Waals surface area (Å²) in [6.45, 7) is 0. The van der Waals surface area contributed by atoms with Gasteiger partial charge in [-0.3, -0.25) is 4.79 Å². The number of hydrogen-bond donors (Lipinski definition) is 1. The van der Waals surface area contributed by atoms with Crippen LogP contribution in [-0.4, -0.2) is 19.6 Å². The highest BCUT2D eigenvalue weighted by atomic mass is 19.4. The van der Waals surface area contributed by atoms with Gasteiger partial charge in [-0.25, -0.2) is 0 Å². The third-order valence-electron chi connectivity index (χ3n) is 2.06. The number of allylic oxidation sites excluding steroid dienone is 2. The molecule has 1 aromatic rings. The van der Waals surface area contributed by atoms with Crippen molar-refractivity contribution in [2.45, 2.75) is 6.18 Å². The number of benzene rings is 1. The topological polar surface area (TPSA) is 52.3 Å². The lowest BCUT2D eigenvalue weighted by atomic mass is 10.0. The molecule has 0 atom stereocenters. The first-order valence-corrected chi connectivity index (χ1v) is 4.56. The number of halogens is 3. The Morgan fingerprint density at radius 1 is 1.41 bits per heavy atom. The van der Waals surface area contributed by atoms with Crippen LogP contribution in [0.4, 0.5) is 18.9 Å². The molecule has 0 bridgehead atoms. The van der Waals surface area contributed by atoms with Gasteiger partial charge in [-0.15, -0.1) is 0 Å². The van der Waals surface area contributed by atoms with Crippen LogP contribution in [0, 0.1) is 0 Å². The fourth-order valence-corrected chi connectivity index (χ4v) is 1.34. The average Bonchev–Trinajstić information content (AvgIpc) is 2.25. The normalized spacial score (nSPS) is 12.4. The lowest BCUT2D eigenvalue weighted by Crippen LogP contribution is -2.12. The first-order valence-electron chi connectivity index (χ1n) is 4.56. The molecule has 0 spiro atoms. The second kappa shape index (κ2) is 4.90. The number of rotatable bonds is 3. The van der Waals surface area contributed by atoms with E-state index in [1.165, 1.54) is 19.2 Å². The Balaban J connectivity index is 3.39. The van der Waals surface area contributed by atoms with E-state index in [0.717, 1.165) is 6.07 Å². The van der Waals surface area contributed by atoms with Crippen LogP contribution in [-0.2, 0) is 4.79 Å². The molecule has 2 N–H and O–H groups in total. The molecular weight excluding hydrogens is 235 g/mol. The number of carbonyl (C=O) groups is 1. The molecule has 0 saturated carbocycles. The van der Waals surface area contributed by atoms with Crippen LogP contribution in [0.25, 0.3) is 5.57 Å². The predicted octanol–water partition coefficient (Wildman–Crippen LogP) is 2.42. The fourth-order valence-electron chi connectivity index (χ4n) is 1.34. The van der Waals surface area contributed by atoms with Crippen molar-refractivity contribution in [2.75, 3.05) is 12.8 Å². The third-order valence-corrected chi connectivity index (χ3v) is 2.06. The standard InChI is InChI=1S/C11H10F3NO2/c1-17-10-6-7(15)2-3-8(10)9(4-5-16)11(12,13)14/h2-6H,15H2,1H3/b9-4+. The summed E-state index contributed by atoms with van der Waals surface area (Å²) in [6, 6.07) is 3.74. The van der Waals surface area contributed by atoms with Crippen LogP contribution in [0.2, 0.25) is 0 Å². The van der Waals surface area contributed by atoms with Gasteiger partial charge in [-0.05, 0) is 18.2 Å². The molecule has 0 unspecified atom stereocenters. The Labute approximate surface area is 95.7 Å². The summed E-state index contributed by atoms with van der Waals surface area (Å²) >= 11 is 0. The van der Waals surface area contributed by atoms with Crippen molar-refractivity contribution in [3.63, 3.8) is 0 Å². The van der Waals surface area contributed by atoms with Crippen LogP contribution < -0.4 is 10.5 Å². The van der Waals surface area contributed by atoms with Crippen molar-refractivity contribution in [1.29, 1.82) is 0 Å². The lowest BCUT2D eigenvalue weighted by molar-refractivity contribution is -0.104. The Morgan fingerprint density at radius 3 is 2.53 bits per heavy atom. The van der Waals surface area contributed by atoms with Gasteiger partial charge in [-0.1, -0.05) is 0 Å². The molecule has 92 valence electrons. The van der Waals surface area contributed by atoms with Gasteiger partial charge in [0.25, 0.3) is 0 Å². The fraction of sp³-hybridized carbons (Fsp3) is 0.182. The molecule has 0 saturated heterocycles. The van der Waals surface area contributed by atoms with Gasteiger partial charge < -0.3 is 10.5 Å². The number of nitrogens with two attached hydrogens (primary N) is 1. The second-order valence-electron chi connectivity index (χ2n) is 3.17. The van der Waals surface area contributed by atoms with Gasteiger partial charge in [0.1, 0.15) is 12.0 Å². The number of carbonyl (C=O) groups excluding carboxylic acids is 1. The van der Waals surface area contributed by atoms with Crippen molar-refractivity contribution < 1.29 is 22.7 Å². The minimum Gasteiger partial charge on any atom is -0.496 e. The predicted molar refractivity (Wildman–Crippen MR) is 57.5 cm³/mol. The number of ether oxygens (including phenoxy) is 1. The summed E-state index contributed by atoms with van der Waals surface area (Å²) in [5, 5.41) is 0. The van der Waals surface area contributed by atoms with Crippen molar-refractivity contribution in [3.05, 3.63) is 29.8 Å². The van der Waals surface area contributed by atoms with E-state index in [9.17, 15) is 18.0 Å². The van der Waals surface area contributed by atoms with E-state index in [-0.39, 0.29) is 23.3 Å². The zero-order chi connectivity index (χ0) is 13.1. The Hall–Kier alpha value is -1.98. The maximum absolute atomic E-state index is 12.7. The first kappa shape index (κ1) is 13.1. The molecule has 1 aromatic carbocycles. The highest BCUT2D eigenvalue weighted by Crippen LogP contribution is 2.38. The zero-order valence-corrected chi connectivity index (χ0v) is 8.91. The number of alkyl halides is 3. The molecule has 0 radical (unpaired) electrons. The lowest BCUT2D eigenvalue weighted by Gasteiger charge is -2.14. The summed E-state index contributed by atoms with van der Waals surface area (Å²) in [7, 11) is 1.23. The Bertz CT molecular complexity index is 453. The monoisotopic (exact) mass is 245 g/mol. The summed E-state index contributed by atoms with van der Waals surface area (Å²) < 4.78 is 42.9. The molecule has 0 aliphatic carbocycles. The number of anilines is 1. The van der Waals surface area contributed by atoms with Gasteiger partial charge in [0.05, 0.1) is 12.7 Å². The van der Waals surface area contributed by atoms with Gasteiger partial charge in [0, 0.05) is 17.3 Å². The molecule has 1 rings (SSSR count). The molecule has 6 heteroatoms. The summed E-state index contributed by atoms with van der Waals surface area (Å²) in [5.41, 5.74) is 4.43. The Kier molecular flexibility index (Phi) is 3.77. The maximum atomic E-state index is 12.7. The van der Waals surface area contributed by atoms with E-state index < -0.39 is 11.7 Å². The SMILES string of the molecule is COc1cc(N)ccc1/C(=C\C=O)C(F)(F)F. The summed E-state index contributed by atoms with van der Waals surface area (Å²) in [4.78, 5) is 10.3. The van der Waals surface area contributed by atoms with Gasteiger partial charge in [0.2, 0.25) is 0 Å². The molecule has 3 nitrogen and oxygen atoms in total. The average molecular weight is 245 g/mol. The van der Waals surface area contributed by atoms with E-state index in [0.29, 0.717) is 6.08 Å². The van der Waals surface area contributed by atoms with Gasteiger partial charge >= 0.3 is 6.18 Å². The van der Waals surface area contributed by atoms with Gasteiger partial charge in [-0.2, -0.15) is 13.2 Å². The minimum atomic E-state index is -4.63. The molecule has 0 fully saturated rings. The highest BCUT2D eigenvalue weighted by Gasteiger charge is 2.36. The third kappa shape index (κ3) is 2.99. The van der Waals surface area contributed by atoms with E-state index in [4.69, 9.17) is 10.5 Å². The van der Waals surface area contributed by atoms with E-state index in [1.54, 1.807) is 0 Å². The summed E-state index contributed by atoms with van der Waals surface area (Å²) in [5.74, 6) is -0.0320. The number of nitrogen functional groups attached to an aromatic ring is 1. The van der Waals surface area contributed by atoms with Crippen molar-refractivity contribution in [1.82, 2.24) is 0 Å². The van der Waals surface area contributed by atoms with Crippen LogP contribution in [0.5, 0.6) is 5.75 Å². The van der Waals surface area contributed by atoms with Crippen LogP contribution in [0.15, 0.2) is 24.3 Å². The van der Waals surface area contributed by atoms with Crippen LogP contribution in [0.1, 0.15) is 5.56 Å². The van der Waals surface area contributed by atoms with Crippen molar-refractivity contribution in [3.8, 4) is 5.75 Å². The molecule has 0 aliphatic heterocycles. The molecule has 17 heavy (non-hydrogen) atoms. The number of methoxy groups -OCH3 is 1.